The molecule has 1 amide bonds. The third-order valence-corrected chi connectivity index (χ3v) is 7.20. The van der Waals surface area contributed by atoms with Crippen LogP contribution >= 0.6 is 0 Å². The Labute approximate surface area is 263 Å². The summed E-state index contributed by atoms with van der Waals surface area (Å²) in [5, 5.41) is 7.64. The molecule has 3 aromatic rings. The van der Waals surface area contributed by atoms with Crippen molar-refractivity contribution < 1.29 is 17.7 Å². The molecule has 0 bridgehead atoms. The first-order valence-corrected chi connectivity index (χ1v) is 16.0. The number of carbonyl (C=O) groups is 1. The maximum atomic E-state index is 12.3. The van der Waals surface area contributed by atoms with Gasteiger partial charge in [-0.15, -0.1) is 18.9 Å². The fourth-order valence-corrected chi connectivity index (χ4v) is 4.71. The molecule has 0 aliphatic carbocycles. The van der Waals surface area contributed by atoms with Gasteiger partial charge in [0.05, 0.1) is 16.3 Å². The van der Waals surface area contributed by atoms with E-state index in [-0.39, 0.29) is 23.2 Å². The number of aromatic nitrogens is 2. The Kier molecular flexibility index (Phi) is 16.3. The summed E-state index contributed by atoms with van der Waals surface area (Å²) in [5.41, 5.74) is 3.45. The number of anilines is 2. The van der Waals surface area contributed by atoms with Crippen molar-refractivity contribution in [1.82, 2.24) is 14.9 Å². The zero-order valence-corrected chi connectivity index (χ0v) is 28.0. The fraction of sp³-hybridized carbons (Fsp3) is 0.382. The maximum absolute atomic E-state index is 12.3. The van der Waals surface area contributed by atoms with Gasteiger partial charge in [-0.05, 0) is 77.3 Å². The summed E-state index contributed by atoms with van der Waals surface area (Å²) in [6.45, 7) is 18.2. The molecule has 0 radical (unpaired) electrons. The van der Waals surface area contributed by atoms with Gasteiger partial charge in [0, 0.05) is 37.2 Å². The van der Waals surface area contributed by atoms with Crippen molar-refractivity contribution >= 4 is 32.9 Å². The second-order valence-corrected chi connectivity index (χ2v) is 12.4. The van der Waals surface area contributed by atoms with Crippen molar-refractivity contribution in [2.24, 2.45) is 5.92 Å². The number of carbonyl (C=O) groups excluding carboxylic acids is 1. The highest BCUT2D eigenvalue weighted by Crippen LogP contribution is 2.31. The summed E-state index contributed by atoms with van der Waals surface area (Å²) in [6, 6.07) is 14.0. The van der Waals surface area contributed by atoms with Gasteiger partial charge in [0.2, 0.25) is 11.7 Å². The molecular formula is C34H47N5O4S. The summed E-state index contributed by atoms with van der Waals surface area (Å²) < 4.78 is 32.2. The molecule has 0 saturated carbocycles. The van der Waals surface area contributed by atoms with Gasteiger partial charge in [-0.2, -0.15) is 4.98 Å². The van der Waals surface area contributed by atoms with Crippen molar-refractivity contribution in [1.29, 1.82) is 0 Å². The number of nitrogens with one attached hydrogen (secondary N) is 2. The molecule has 1 aromatic heterocycles. The molecule has 10 heteroatoms. The van der Waals surface area contributed by atoms with E-state index >= 15 is 0 Å². The lowest BCUT2D eigenvalue weighted by Crippen LogP contribution is -2.29. The molecule has 0 fully saturated rings. The van der Waals surface area contributed by atoms with E-state index in [1.165, 1.54) is 12.1 Å². The largest absolute Gasteiger partial charge is 0.381 e. The van der Waals surface area contributed by atoms with E-state index in [0.717, 1.165) is 29.9 Å². The third kappa shape index (κ3) is 12.9. The molecule has 0 aliphatic rings. The molecular weight excluding hydrogens is 574 g/mol. The monoisotopic (exact) mass is 621 g/mol. The van der Waals surface area contributed by atoms with Gasteiger partial charge in [0.1, 0.15) is 0 Å². The van der Waals surface area contributed by atoms with E-state index in [4.69, 9.17) is 4.52 Å². The molecule has 44 heavy (non-hydrogen) atoms. The molecule has 0 spiro atoms. The van der Waals surface area contributed by atoms with Crippen LogP contribution < -0.4 is 14.9 Å². The van der Waals surface area contributed by atoms with Gasteiger partial charge in [0.25, 0.3) is 15.9 Å². The first kappa shape index (κ1) is 37.7. The summed E-state index contributed by atoms with van der Waals surface area (Å²) >= 11 is 0. The molecule has 2 N–H and O–H groups in total. The topological polar surface area (TPSA) is 117 Å². The Morgan fingerprint density at radius 3 is 2.34 bits per heavy atom. The van der Waals surface area contributed by atoms with Crippen molar-refractivity contribution in [2.75, 3.05) is 23.8 Å². The standard InChI is InChI=1S/C28H37N5O4S.C3H6.C3H4/c1-19(2)16-17-33(6)25-14-13-22(18-24(25)29-20(3)4)27-30-28(37-31-27)21(5)12-15-26(34)32-38(35,36)23-10-8-7-9-11-23;2*1-3-2/h7-14,18-20,29H,15-17H2,1-6H3,(H,32,34);3H,1H2,2H3;1H,2H3/b21-12+;;. The van der Waals surface area contributed by atoms with E-state index in [2.05, 4.69) is 84.8 Å². The quantitative estimate of drug-likeness (QED) is 0.161. The Balaban J connectivity index is 0.00000149. The summed E-state index contributed by atoms with van der Waals surface area (Å²) in [6.07, 6.45) is 8.84. The van der Waals surface area contributed by atoms with Crippen LogP contribution in [-0.4, -0.2) is 44.1 Å². The van der Waals surface area contributed by atoms with E-state index in [0.29, 0.717) is 17.3 Å². The van der Waals surface area contributed by atoms with Gasteiger partial charge in [0.15, 0.2) is 0 Å². The van der Waals surface area contributed by atoms with E-state index in [9.17, 15) is 13.2 Å². The summed E-state index contributed by atoms with van der Waals surface area (Å²) in [7, 11) is -1.84. The number of rotatable bonds is 12. The summed E-state index contributed by atoms with van der Waals surface area (Å²) in [4.78, 5) is 19.0. The number of amides is 1. The van der Waals surface area contributed by atoms with Gasteiger partial charge in [-0.3, -0.25) is 4.79 Å². The highest BCUT2D eigenvalue weighted by molar-refractivity contribution is 7.90. The first-order valence-electron chi connectivity index (χ1n) is 14.5. The zero-order valence-electron chi connectivity index (χ0n) is 27.2. The van der Waals surface area contributed by atoms with Crippen molar-refractivity contribution in [3.05, 3.63) is 73.2 Å². The van der Waals surface area contributed by atoms with E-state index in [1.54, 1.807) is 44.2 Å². The number of sulfonamides is 1. The number of hydrogen-bond acceptors (Lipinski definition) is 8. The minimum Gasteiger partial charge on any atom is -0.381 e. The SMILES string of the molecule is C#CC.C/C(=C\CC(=O)NS(=O)(=O)c1ccccc1)c1nc(-c2ccc(N(C)CCC(C)C)c(NC(C)C)c2)no1.C=CC. The maximum Gasteiger partial charge on any atom is 0.264 e. The Morgan fingerprint density at radius 2 is 1.77 bits per heavy atom. The molecule has 2 aromatic carbocycles. The summed E-state index contributed by atoms with van der Waals surface area (Å²) in [5.74, 6) is 2.89. The van der Waals surface area contributed by atoms with Crippen LogP contribution in [0.1, 0.15) is 67.2 Å². The highest BCUT2D eigenvalue weighted by atomic mass is 32.2. The second kappa shape index (κ2) is 19.0. The molecule has 0 saturated heterocycles. The van der Waals surface area contributed by atoms with Crippen LogP contribution in [0.3, 0.4) is 0 Å². The Morgan fingerprint density at radius 1 is 1.16 bits per heavy atom. The average molecular weight is 622 g/mol. The van der Waals surface area contributed by atoms with Gasteiger partial charge in [-0.1, -0.05) is 49.4 Å². The van der Waals surface area contributed by atoms with Crippen LogP contribution in [0, 0.1) is 18.3 Å². The Bertz CT molecular complexity index is 1500. The lowest BCUT2D eigenvalue weighted by atomic mass is 10.1. The van der Waals surface area contributed by atoms with Crippen molar-refractivity contribution in [3.63, 3.8) is 0 Å². The molecule has 1 heterocycles. The highest BCUT2D eigenvalue weighted by Gasteiger charge is 2.18. The molecule has 238 valence electrons. The van der Waals surface area contributed by atoms with E-state index in [1.807, 2.05) is 19.1 Å². The molecule has 0 atom stereocenters. The lowest BCUT2D eigenvalue weighted by molar-refractivity contribution is -0.118. The smallest absolute Gasteiger partial charge is 0.264 e. The number of terminal acetylenes is 1. The zero-order chi connectivity index (χ0) is 33.3. The van der Waals surface area contributed by atoms with Crippen LogP contribution in [-0.2, 0) is 14.8 Å². The number of hydrogen-bond donors (Lipinski definition) is 2. The fourth-order valence-electron chi connectivity index (χ4n) is 3.69. The van der Waals surface area contributed by atoms with E-state index < -0.39 is 15.9 Å². The molecule has 0 aliphatic heterocycles. The lowest BCUT2D eigenvalue weighted by Gasteiger charge is -2.25. The van der Waals surface area contributed by atoms with Crippen LogP contribution in [0.2, 0.25) is 0 Å². The van der Waals surface area contributed by atoms with Crippen molar-refractivity contribution in [2.45, 2.75) is 72.2 Å². The van der Waals surface area contributed by atoms with Crippen molar-refractivity contribution in [3.8, 4) is 23.7 Å². The van der Waals surface area contributed by atoms with Crippen LogP contribution in [0.25, 0.3) is 17.0 Å². The Hall–Kier alpha value is -4.36. The number of benzene rings is 2. The second-order valence-electron chi connectivity index (χ2n) is 10.7. The molecule has 3 rings (SSSR count). The predicted molar refractivity (Wildman–Crippen MR) is 182 cm³/mol. The normalized spacial score (nSPS) is 11.0. The minimum atomic E-state index is -3.92. The van der Waals surface area contributed by atoms with Crippen LogP contribution in [0.5, 0.6) is 0 Å². The van der Waals surface area contributed by atoms with Crippen LogP contribution in [0.4, 0.5) is 11.4 Å². The molecule has 0 unspecified atom stereocenters. The predicted octanol–water partition coefficient (Wildman–Crippen LogP) is 7.17. The minimum absolute atomic E-state index is 0.0269. The van der Waals surface area contributed by atoms with Gasteiger partial charge < -0.3 is 14.7 Å². The molecule has 9 nitrogen and oxygen atoms in total. The van der Waals surface area contributed by atoms with Crippen LogP contribution in [0.15, 0.2) is 76.7 Å². The van der Waals surface area contributed by atoms with Gasteiger partial charge >= 0.3 is 0 Å². The number of allylic oxidation sites excluding steroid dienone is 2. The average Bonchev–Trinajstić information content (AvgIpc) is 3.46. The van der Waals surface area contributed by atoms with Gasteiger partial charge in [-0.25, -0.2) is 13.1 Å². The number of nitrogens with zero attached hydrogens (tertiary/aromatic N) is 3. The third-order valence-electron chi connectivity index (χ3n) is 5.81. The first-order chi connectivity index (χ1) is 20.8.